The maximum Gasteiger partial charge on any atom is 0.201 e. The smallest absolute Gasteiger partial charge is 0.201 e. The Kier molecular flexibility index (Phi) is 9.24. The number of halogens is 3. The molecule has 198 valence electrons. The lowest BCUT2D eigenvalue weighted by Gasteiger charge is -2.32. The topological polar surface area (TPSA) is 47.9 Å². The highest BCUT2D eigenvalue weighted by Crippen LogP contribution is 2.35. The fourth-order valence-electron chi connectivity index (χ4n) is 4.74. The first-order valence-corrected chi connectivity index (χ1v) is 12.8. The Morgan fingerprint density at radius 1 is 0.919 bits per heavy atom. The van der Waals surface area contributed by atoms with Crippen molar-refractivity contribution in [3.63, 3.8) is 0 Å². The van der Waals surface area contributed by atoms with Crippen molar-refractivity contribution < 1.29 is 32.5 Å². The summed E-state index contributed by atoms with van der Waals surface area (Å²) in [4.78, 5) is 0. The van der Waals surface area contributed by atoms with E-state index < -0.39 is 17.7 Å². The summed E-state index contributed by atoms with van der Waals surface area (Å²) < 4.78 is 60.2. The van der Waals surface area contributed by atoms with Crippen molar-refractivity contribution in [3.8, 4) is 28.0 Å². The van der Waals surface area contributed by atoms with Gasteiger partial charge in [0.2, 0.25) is 5.82 Å². The van der Waals surface area contributed by atoms with Crippen molar-refractivity contribution >= 4 is 0 Å². The van der Waals surface area contributed by atoms with E-state index in [1.54, 1.807) is 37.3 Å². The van der Waals surface area contributed by atoms with E-state index in [0.29, 0.717) is 42.7 Å². The average molecular weight is 515 g/mol. The number of rotatable bonds is 10. The zero-order valence-electron chi connectivity index (χ0n) is 21.2. The predicted molar refractivity (Wildman–Crippen MR) is 137 cm³/mol. The zero-order valence-corrected chi connectivity index (χ0v) is 21.2. The number of benzene rings is 3. The maximum absolute atomic E-state index is 15.1. The van der Waals surface area contributed by atoms with Crippen LogP contribution in [0.3, 0.4) is 0 Å². The number of aliphatic hydroxyl groups excluding tert-OH is 1. The molecule has 3 atom stereocenters. The lowest BCUT2D eigenvalue weighted by molar-refractivity contribution is -0.0717. The van der Waals surface area contributed by atoms with Crippen molar-refractivity contribution in [3.05, 3.63) is 77.6 Å². The molecule has 7 heteroatoms. The first-order chi connectivity index (χ1) is 17.9. The minimum atomic E-state index is -1.07. The van der Waals surface area contributed by atoms with Crippen LogP contribution in [0.2, 0.25) is 0 Å². The molecule has 1 aliphatic rings. The van der Waals surface area contributed by atoms with Crippen molar-refractivity contribution in [1.82, 2.24) is 0 Å². The van der Waals surface area contributed by atoms with Crippen LogP contribution in [0, 0.1) is 17.5 Å². The van der Waals surface area contributed by atoms with Gasteiger partial charge in [-0.05, 0) is 66.6 Å². The predicted octanol–water partition coefficient (Wildman–Crippen LogP) is 7.23. The molecule has 0 radical (unpaired) electrons. The van der Waals surface area contributed by atoms with Crippen LogP contribution >= 0.6 is 0 Å². The number of hydrogen-bond acceptors (Lipinski definition) is 4. The van der Waals surface area contributed by atoms with Crippen LogP contribution in [0.4, 0.5) is 13.2 Å². The molecule has 1 saturated heterocycles. The highest BCUT2D eigenvalue weighted by atomic mass is 19.2. The third-order valence-corrected chi connectivity index (χ3v) is 6.84. The Balaban J connectivity index is 1.45. The summed E-state index contributed by atoms with van der Waals surface area (Å²) in [6.45, 7) is 4.42. The van der Waals surface area contributed by atoms with Gasteiger partial charge < -0.3 is 19.3 Å². The zero-order chi connectivity index (χ0) is 26.4. The van der Waals surface area contributed by atoms with Gasteiger partial charge >= 0.3 is 0 Å². The Labute approximate surface area is 216 Å². The van der Waals surface area contributed by atoms with Crippen LogP contribution in [0.1, 0.15) is 51.0 Å². The molecule has 3 aromatic carbocycles. The summed E-state index contributed by atoms with van der Waals surface area (Å²) >= 11 is 0. The summed E-state index contributed by atoms with van der Waals surface area (Å²) in [5, 5.41) is 10.2. The van der Waals surface area contributed by atoms with Gasteiger partial charge in [-0.1, -0.05) is 49.7 Å². The Hall–Kier alpha value is -2.87. The number of ether oxygens (including phenoxy) is 3. The maximum atomic E-state index is 15.1. The third kappa shape index (κ3) is 6.35. The summed E-state index contributed by atoms with van der Waals surface area (Å²) in [7, 11) is 0. The Morgan fingerprint density at radius 3 is 2.30 bits per heavy atom. The minimum Gasteiger partial charge on any atom is -0.464 e. The van der Waals surface area contributed by atoms with E-state index in [1.807, 2.05) is 13.0 Å². The van der Waals surface area contributed by atoms with Crippen LogP contribution in [0.5, 0.6) is 5.75 Å². The monoisotopic (exact) mass is 514 g/mol. The fourth-order valence-corrected chi connectivity index (χ4v) is 4.74. The minimum absolute atomic E-state index is 0.0557. The van der Waals surface area contributed by atoms with Gasteiger partial charge in [0, 0.05) is 18.1 Å². The molecule has 4 rings (SSSR count). The van der Waals surface area contributed by atoms with Gasteiger partial charge in [0.05, 0.1) is 18.8 Å². The molecule has 0 spiro atoms. The molecule has 4 nitrogen and oxygen atoms in total. The molecule has 0 aliphatic carbocycles. The largest absolute Gasteiger partial charge is 0.464 e. The molecule has 1 aliphatic heterocycles. The van der Waals surface area contributed by atoms with E-state index in [1.165, 1.54) is 18.2 Å². The summed E-state index contributed by atoms with van der Waals surface area (Å²) in [5.74, 6) is -2.65. The van der Waals surface area contributed by atoms with E-state index in [-0.39, 0.29) is 35.9 Å². The van der Waals surface area contributed by atoms with Crippen molar-refractivity contribution in [2.45, 2.75) is 57.7 Å². The quantitative estimate of drug-likeness (QED) is 0.229. The molecule has 1 fully saturated rings. The lowest BCUT2D eigenvalue weighted by Crippen LogP contribution is -2.34. The third-order valence-electron chi connectivity index (χ3n) is 6.84. The Bertz CT molecular complexity index is 1170. The first kappa shape index (κ1) is 27.2. The molecule has 3 aromatic rings. The van der Waals surface area contributed by atoms with Gasteiger partial charge in [0.15, 0.2) is 18.4 Å². The Morgan fingerprint density at radius 2 is 1.65 bits per heavy atom. The summed E-state index contributed by atoms with van der Waals surface area (Å²) in [6.07, 6.45) is 2.39. The SMILES string of the molecule is CCCC(O)C1CCC(c2ccc(-c3ccc(-c4ccc(OCOCC)c(F)c4F)cc3)cc2F)CO1. The highest BCUT2D eigenvalue weighted by molar-refractivity contribution is 5.71. The van der Waals surface area contributed by atoms with E-state index in [0.717, 1.165) is 18.4 Å². The van der Waals surface area contributed by atoms with Gasteiger partial charge in [0.1, 0.15) is 5.82 Å². The van der Waals surface area contributed by atoms with Gasteiger partial charge in [-0.2, -0.15) is 4.39 Å². The normalized spacial score (nSPS) is 18.5. The van der Waals surface area contributed by atoms with Gasteiger partial charge in [-0.25, -0.2) is 8.78 Å². The van der Waals surface area contributed by atoms with Crippen LogP contribution < -0.4 is 4.74 Å². The second kappa shape index (κ2) is 12.6. The molecule has 0 saturated carbocycles. The molecular formula is C30H33F3O4. The lowest BCUT2D eigenvalue weighted by atomic mass is 9.88. The van der Waals surface area contributed by atoms with Crippen LogP contribution in [-0.2, 0) is 9.47 Å². The standard InChI is InChI=1S/C30H33F3O4/c1-3-5-26(34)27-14-11-22(17-36-27)23-12-10-21(16-25(23)31)19-6-8-20(9-7-19)24-13-15-28(30(33)29(24)32)37-18-35-4-2/h6-10,12-13,15-16,22,26-27,34H,3-5,11,14,17-18H2,1-2H3. The fraction of sp³-hybridized carbons (Fsp3) is 0.400. The van der Waals surface area contributed by atoms with E-state index >= 15 is 4.39 Å². The molecular weight excluding hydrogens is 481 g/mol. The van der Waals surface area contributed by atoms with Crippen molar-refractivity contribution in [2.24, 2.45) is 0 Å². The van der Waals surface area contributed by atoms with Crippen LogP contribution in [0.25, 0.3) is 22.3 Å². The van der Waals surface area contributed by atoms with E-state index in [9.17, 15) is 13.9 Å². The second-order valence-electron chi connectivity index (χ2n) is 9.31. The van der Waals surface area contributed by atoms with Crippen LogP contribution in [-0.4, -0.2) is 37.3 Å². The molecule has 0 amide bonds. The van der Waals surface area contributed by atoms with E-state index in [2.05, 4.69) is 0 Å². The molecule has 1 heterocycles. The van der Waals surface area contributed by atoms with Gasteiger partial charge in [-0.3, -0.25) is 0 Å². The number of aliphatic hydroxyl groups is 1. The molecule has 0 aromatic heterocycles. The molecule has 3 unspecified atom stereocenters. The molecule has 37 heavy (non-hydrogen) atoms. The highest BCUT2D eigenvalue weighted by Gasteiger charge is 2.29. The van der Waals surface area contributed by atoms with E-state index in [4.69, 9.17) is 14.2 Å². The van der Waals surface area contributed by atoms with Crippen molar-refractivity contribution in [2.75, 3.05) is 20.0 Å². The summed E-state index contributed by atoms with van der Waals surface area (Å²) in [5.41, 5.74) is 2.65. The van der Waals surface area contributed by atoms with Crippen molar-refractivity contribution in [1.29, 1.82) is 0 Å². The van der Waals surface area contributed by atoms with Crippen LogP contribution in [0.15, 0.2) is 54.6 Å². The van der Waals surface area contributed by atoms with Gasteiger partial charge in [-0.15, -0.1) is 0 Å². The first-order valence-electron chi connectivity index (χ1n) is 12.8. The number of hydrogen-bond donors (Lipinski definition) is 1. The second-order valence-corrected chi connectivity index (χ2v) is 9.31. The molecule has 0 bridgehead atoms. The molecule has 1 N–H and O–H groups in total. The average Bonchev–Trinajstić information content (AvgIpc) is 2.91. The summed E-state index contributed by atoms with van der Waals surface area (Å²) in [6, 6.07) is 14.8. The van der Waals surface area contributed by atoms with Gasteiger partial charge in [0.25, 0.3) is 0 Å².